The third kappa shape index (κ3) is 3.92. The van der Waals surface area contributed by atoms with Gasteiger partial charge in [-0.25, -0.2) is 23.4 Å². The molecule has 0 aromatic carbocycles. The molecule has 2 fully saturated rings. The Morgan fingerprint density at radius 2 is 1.76 bits per heavy atom. The predicted molar refractivity (Wildman–Crippen MR) is 111 cm³/mol. The van der Waals surface area contributed by atoms with Crippen LogP contribution in [0.2, 0.25) is 0 Å². The number of aromatic nitrogens is 5. The number of hydrogen-bond acceptors (Lipinski definition) is 6. The summed E-state index contributed by atoms with van der Waals surface area (Å²) < 4.78 is 65.8. The maximum absolute atomic E-state index is 13.4. The molecule has 0 unspecified atom stereocenters. The summed E-state index contributed by atoms with van der Waals surface area (Å²) in [7, 11) is 0. The van der Waals surface area contributed by atoms with E-state index in [4.69, 9.17) is 0 Å². The minimum Gasteiger partial charge on any atom is -0.370 e. The van der Waals surface area contributed by atoms with E-state index in [9.17, 15) is 26.7 Å². The van der Waals surface area contributed by atoms with Crippen molar-refractivity contribution in [1.29, 1.82) is 0 Å². The summed E-state index contributed by atoms with van der Waals surface area (Å²) in [6.07, 6.45) is -0.623. The van der Waals surface area contributed by atoms with E-state index in [0.717, 1.165) is 16.9 Å². The van der Waals surface area contributed by atoms with Crippen molar-refractivity contribution < 1.29 is 26.7 Å². The number of amides is 1. The number of fused-ring (bicyclic) bond motifs is 1. The molecule has 2 aliphatic heterocycles. The van der Waals surface area contributed by atoms with Crippen LogP contribution in [-0.4, -0.2) is 56.7 Å². The summed E-state index contributed by atoms with van der Waals surface area (Å²) >= 11 is 0. The highest BCUT2D eigenvalue weighted by Crippen LogP contribution is 2.44. The molecule has 5 rings (SSSR count). The van der Waals surface area contributed by atoms with Crippen LogP contribution in [-0.2, 0) is 17.5 Å². The maximum Gasteiger partial charge on any atom is 0.417 e. The number of rotatable bonds is 4. The first kappa shape index (κ1) is 22.4. The van der Waals surface area contributed by atoms with Gasteiger partial charge in [-0.1, -0.05) is 0 Å². The van der Waals surface area contributed by atoms with Crippen LogP contribution in [0.4, 0.5) is 33.5 Å². The molecule has 34 heavy (non-hydrogen) atoms. The van der Waals surface area contributed by atoms with E-state index in [-0.39, 0.29) is 17.4 Å². The molecule has 3 aromatic rings. The Kier molecular flexibility index (Phi) is 5.36. The van der Waals surface area contributed by atoms with Crippen LogP contribution >= 0.6 is 0 Å². The quantitative estimate of drug-likeness (QED) is 0.531. The van der Waals surface area contributed by atoms with Gasteiger partial charge in [0.1, 0.15) is 12.1 Å². The van der Waals surface area contributed by atoms with Crippen molar-refractivity contribution in [2.75, 3.05) is 29.4 Å². The molecule has 2 aliphatic rings. The molecule has 180 valence electrons. The zero-order chi connectivity index (χ0) is 24.1. The van der Waals surface area contributed by atoms with Gasteiger partial charge >= 0.3 is 6.18 Å². The van der Waals surface area contributed by atoms with Gasteiger partial charge in [-0.3, -0.25) is 14.7 Å². The molecule has 0 N–H and O–H groups in total. The normalized spacial score (nSPS) is 18.6. The molecule has 0 saturated carbocycles. The fourth-order valence-electron chi connectivity index (χ4n) is 4.69. The fourth-order valence-corrected chi connectivity index (χ4v) is 4.69. The standard InChI is InChI=1S/C21H20F5N7O/c22-16(23)12-33-18-15(10-29-33)28-11-17(30-18)32-6-3-20(19(32)34)1-4-31(5-2-20)14-7-13(8-27-9-14)21(24,25)26/h7-11,16H,1-6,12H2. The van der Waals surface area contributed by atoms with E-state index < -0.39 is 30.1 Å². The smallest absolute Gasteiger partial charge is 0.370 e. The van der Waals surface area contributed by atoms with Gasteiger partial charge in [0, 0.05) is 25.8 Å². The van der Waals surface area contributed by atoms with Crippen LogP contribution in [0.5, 0.6) is 0 Å². The van der Waals surface area contributed by atoms with Gasteiger partial charge < -0.3 is 4.90 Å². The number of hydrogen-bond donors (Lipinski definition) is 0. The molecule has 0 radical (unpaired) electrons. The molecular formula is C21H20F5N7O. The highest BCUT2D eigenvalue weighted by Gasteiger charge is 2.49. The van der Waals surface area contributed by atoms with Gasteiger partial charge in [0.15, 0.2) is 11.5 Å². The third-order valence-corrected chi connectivity index (χ3v) is 6.57. The molecule has 3 aromatic heterocycles. The number of carbonyl (C=O) groups excluding carboxylic acids is 1. The Morgan fingerprint density at radius 3 is 2.47 bits per heavy atom. The van der Waals surface area contributed by atoms with Gasteiger partial charge in [-0.05, 0) is 25.3 Å². The first-order valence-electron chi connectivity index (χ1n) is 10.7. The lowest BCUT2D eigenvalue weighted by atomic mass is 9.77. The second-order valence-corrected chi connectivity index (χ2v) is 8.56. The number of halogens is 5. The monoisotopic (exact) mass is 481 g/mol. The van der Waals surface area contributed by atoms with Crippen molar-refractivity contribution in [3.8, 4) is 0 Å². The lowest BCUT2D eigenvalue weighted by Gasteiger charge is -2.39. The minimum absolute atomic E-state index is 0.136. The summed E-state index contributed by atoms with van der Waals surface area (Å²) in [4.78, 5) is 29.0. The van der Waals surface area contributed by atoms with Crippen LogP contribution in [0.1, 0.15) is 24.8 Å². The number of pyridine rings is 1. The molecule has 1 spiro atoms. The molecule has 8 nitrogen and oxygen atoms in total. The van der Waals surface area contributed by atoms with Gasteiger partial charge in [0.05, 0.1) is 35.3 Å². The first-order valence-corrected chi connectivity index (χ1v) is 10.7. The van der Waals surface area contributed by atoms with Crippen molar-refractivity contribution >= 4 is 28.6 Å². The predicted octanol–water partition coefficient (Wildman–Crippen LogP) is 3.53. The second kappa shape index (κ2) is 8.13. The van der Waals surface area contributed by atoms with Gasteiger partial charge in [-0.15, -0.1) is 0 Å². The average molecular weight is 481 g/mol. The summed E-state index contributed by atoms with van der Waals surface area (Å²) in [5.41, 5.74) is -0.554. The number of nitrogens with zero attached hydrogens (tertiary/aromatic N) is 7. The van der Waals surface area contributed by atoms with Crippen molar-refractivity contribution in [1.82, 2.24) is 24.7 Å². The van der Waals surface area contributed by atoms with Crippen LogP contribution in [0.3, 0.4) is 0 Å². The van der Waals surface area contributed by atoms with Crippen molar-refractivity contribution in [3.63, 3.8) is 0 Å². The highest BCUT2D eigenvalue weighted by molar-refractivity contribution is 5.99. The fraction of sp³-hybridized carbons (Fsp3) is 0.476. The zero-order valence-corrected chi connectivity index (χ0v) is 17.8. The first-order chi connectivity index (χ1) is 16.2. The Labute approximate surface area is 190 Å². The van der Waals surface area contributed by atoms with Gasteiger partial charge in [0.25, 0.3) is 6.43 Å². The Hall–Kier alpha value is -3.38. The molecular weight excluding hydrogens is 461 g/mol. The van der Waals surface area contributed by atoms with Crippen molar-refractivity contribution in [2.45, 2.75) is 38.4 Å². The average Bonchev–Trinajstić information content (AvgIpc) is 3.34. The second-order valence-electron chi connectivity index (χ2n) is 8.56. The summed E-state index contributed by atoms with van der Waals surface area (Å²) in [6, 6.07) is 1.07. The van der Waals surface area contributed by atoms with Crippen LogP contribution < -0.4 is 9.80 Å². The zero-order valence-electron chi connectivity index (χ0n) is 17.8. The van der Waals surface area contributed by atoms with Crippen molar-refractivity contribution in [2.24, 2.45) is 5.41 Å². The van der Waals surface area contributed by atoms with E-state index in [1.165, 1.54) is 23.5 Å². The van der Waals surface area contributed by atoms with E-state index in [2.05, 4.69) is 20.1 Å². The molecule has 13 heteroatoms. The van der Waals surface area contributed by atoms with Gasteiger partial charge in [-0.2, -0.15) is 18.3 Å². The molecule has 0 aliphatic carbocycles. The van der Waals surface area contributed by atoms with E-state index in [1.54, 1.807) is 4.90 Å². The van der Waals surface area contributed by atoms with Gasteiger partial charge in [0.2, 0.25) is 5.91 Å². The largest absolute Gasteiger partial charge is 0.417 e. The molecule has 1 amide bonds. The molecule has 0 bridgehead atoms. The summed E-state index contributed by atoms with van der Waals surface area (Å²) in [5, 5.41) is 3.89. The molecule has 5 heterocycles. The molecule has 0 atom stereocenters. The SMILES string of the molecule is O=C1N(c2cnc3cnn(CC(F)F)c3n2)CCC12CCN(c1cncc(C(F)(F)F)c1)CC2. The van der Waals surface area contributed by atoms with Crippen molar-refractivity contribution in [3.05, 3.63) is 36.4 Å². The number of anilines is 2. The van der Waals surface area contributed by atoms with E-state index in [1.807, 2.05) is 0 Å². The molecule has 2 saturated heterocycles. The number of piperidine rings is 1. The lowest BCUT2D eigenvalue weighted by molar-refractivity contribution is -0.137. The summed E-state index contributed by atoms with van der Waals surface area (Å²) in [5.74, 6) is 0.137. The Balaban J connectivity index is 1.32. The van der Waals surface area contributed by atoms with E-state index in [0.29, 0.717) is 50.1 Å². The number of alkyl halides is 5. The lowest BCUT2D eigenvalue weighted by Crippen LogP contribution is -2.45. The highest BCUT2D eigenvalue weighted by atomic mass is 19.4. The van der Waals surface area contributed by atoms with Crippen LogP contribution in [0, 0.1) is 5.41 Å². The third-order valence-electron chi connectivity index (χ3n) is 6.57. The van der Waals surface area contributed by atoms with Crippen LogP contribution in [0.25, 0.3) is 11.2 Å². The Morgan fingerprint density at radius 1 is 1.03 bits per heavy atom. The van der Waals surface area contributed by atoms with E-state index >= 15 is 0 Å². The maximum atomic E-state index is 13.4. The topological polar surface area (TPSA) is 80.0 Å². The summed E-state index contributed by atoms with van der Waals surface area (Å²) in [6.45, 7) is 0.593. The minimum atomic E-state index is -4.48. The number of carbonyl (C=O) groups is 1. The Bertz CT molecular complexity index is 1220. The van der Waals surface area contributed by atoms with Crippen LogP contribution in [0.15, 0.2) is 30.9 Å².